The molecule has 0 bridgehead atoms. The van der Waals surface area contributed by atoms with Gasteiger partial charge in [0.2, 0.25) is 0 Å². The Labute approximate surface area is 127 Å². The highest BCUT2D eigenvalue weighted by atomic mass is 79.9. The molecule has 4 heteroatoms. The van der Waals surface area contributed by atoms with Crippen LogP contribution in [0.5, 0.6) is 0 Å². The fourth-order valence-corrected chi connectivity index (χ4v) is 2.78. The number of hydrogen-bond acceptors (Lipinski definition) is 2. The van der Waals surface area contributed by atoms with Crippen LogP contribution in [0.3, 0.4) is 0 Å². The smallest absolute Gasteiger partial charge is 0.128 e. The van der Waals surface area contributed by atoms with Crippen molar-refractivity contribution in [2.24, 2.45) is 5.73 Å². The van der Waals surface area contributed by atoms with Crippen molar-refractivity contribution in [1.82, 2.24) is 0 Å². The van der Waals surface area contributed by atoms with Crippen molar-refractivity contribution in [3.63, 3.8) is 0 Å². The molecule has 0 fully saturated rings. The molecule has 0 spiro atoms. The Hall–Kier alpha value is -1.39. The van der Waals surface area contributed by atoms with Gasteiger partial charge in [-0.1, -0.05) is 24.3 Å². The maximum atomic E-state index is 13.7. The summed E-state index contributed by atoms with van der Waals surface area (Å²) in [7, 11) is 1.94. The predicted octanol–water partition coefficient (Wildman–Crippen LogP) is 4.24. The van der Waals surface area contributed by atoms with E-state index in [1.54, 1.807) is 12.1 Å². The van der Waals surface area contributed by atoms with E-state index < -0.39 is 0 Å². The number of halogens is 2. The van der Waals surface area contributed by atoms with Gasteiger partial charge in [0.25, 0.3) is 0 Å². The van der Waals surface area contributed by atoms with E-state index in [9.17, 15) is 4.39 Å². The molecule has 0 saturated heterocycles. The van der Waals surface area contributed by atoms with Crippen molar-refractivity contribution in [1.29, 1.82) is 0 Å². The first-order valence-electron chi connectivity index (χ1n) is 6.48. The number of rotatable bonds is 4. The highest BCUT2D eigenvalue weighted by molar-refractivity contribution is 9.10. The molecular weight excluding hydrogens is 319 g/mol. The van der Waals surface area contributed by atoms with Crippen molar-refractivity contribution in [3.05, 3.63) is 63.9 Å². The lowest BCUT2D eigenvalue weighted by Gasteiger charge is -2.22. The van der Waals surface area contributed by atoms with E-state index in [1.165, 1.54) is 6.07 Å². The summed E-state index contributed by atoms with van der Waals surface area (Å²) in [6, 6.07) is 12.8. The van der Waals surface area contributed by atoms with Crippen LogP contribution in [0.1, 0.15) is 24.1 Å². The van der Waals surface area contributed by atoms with E-state index in [-0.39, 0.29) is 11.9 Å². The summed E-state index contributed by atoms with van der Waals surface area (Å²) in [5, 5.41) is 0. The van der Waals surface area contributed by atoms with E-state index in [1.807, 2.05) is 43.1 Å². The zero-order chi connectivity index (χ0) is 14.7. The summed E-state index contributed by atoms with van der Waals surface area (Å²) in [6.45, 7) is 2.47. The van der Waals surface area contributed by atoms with Crippen molar-refractivity contribution in [2.45, 2.75) is 19.5 Å². The van der Waals surface area contributed by atoms with Crippen LogP contribution in [0, 0.1) is 5.82 Å². The third kappa shape index (κ3) is 3.38. The van der Waals surface area contributed by atoms with Gasteiger partial charge in [-0.2, -0.15) is 0 Å². The Kier molecular flexibility index (Phi) is 4.78. The van der Waals surface area contributed by atoms with E-state index in [2.05, 4.69) is 15.9 Å². The summed E-state index contributed by atoms with van der Waals surface area (Å²) in [5.41, 5.74) is 8.63. The molecule has 2 N–H and O–H groups in total. The minimum absolute atomic E-state index is 0.00257. The topological polar surface area (TPSA) is 29.3 Å². The zero-order valence-corrected chi connectivity index (χ0v) is 13.2. The van der Waals surface area contributed by atoms with Crippen LogP contribution in [0.15, 0.2) is 46.9 Å². The van der Waals surface area contributed by atoms with Gasteiger partial charge in [-0.3, -0.25) is 0 Å². The third-order valence-corrected chi connectivity index (χ3v) is 3.91. The standard InChI is InChI=1S/C16H18BrFN2/c1-11(19)12-7-8-16(14(17)9-12)20(2)10-13-5-3-4-6-15(13)18/h3-9,11H,10,19H2,1-2H3. The molecule has 106 valence electrons. The van der Waals surface area contributed by atoms with Crippen molar-refractivity contribution < 1.29 is 4.39 Å². The van der Waals surface area contributed by atoms with E-state index in [0.29, 0.717) is 12.1 Å². The first kappa shape index (κ1) is 15.0. The molecule has 1 unspecified atom stereocenters. The maximum Gasteiger partial charge on any atom is 0.128 e. The Balaban J connectivity index is 2.21. The molecule has 0 aliphatic heterocycles. The number of hydrogen-bond donors (Lipinski definition) is 1. The second-order valence-corrected chi connectivity index (χ2v) is 5.80. The molecular formula is C16H18BrFN2. The van der Waals surface area contributed by atoms with Gasteiger partial charge >= 0.3 is 0 Å². The lowest BCUT2D eigenvalue weighted by Crippen LogP contribution is -2.18. The number of nitrogens with zero attached hydrogens (tertiary/aromatic N) is 1. The molecule has 0 amide bonds. The SMILES string of the molecule is CC(N)c1ccc(N(C)Cc2ccccc2F)c(Br)c1. The first-order chi connectivity index (χ1) is 9.49. The molecule has 0 aliphatic carbocycles. The lowest BCUT2D eigenvalue weighted by molar-refractivity contribution is 0.608. The van der Waals surface area contributed by atoms with Crippen LogP contribution in [0.2, 0.25) is 0 Å². The number of nitrogens with two attached hydrogens (primary N) is 1. The first-order valence-corrected chi connectivity index (χ1v) is 7.28. The zero-order valence-electron chi connectivity index (χ0n) is 11.6. The van der Waals surface area contributed by atoms with Crippen LogP contribution in [-0.4, -0.2) is 7.05 Å². The Morgan fingerprint density at radius 2 is 1.95 bits per heavy atom. The minimum atomic E-state index is -0.178. The summed E-state index contributed by atoms with van der Waals surface area (Å²) < 4.78 is 14.6. The van der Waals surface area contributed by atoms with Crippen molar-refractivity contribution in [3.8, 4) is 0 Å². The third-order valence-electron chi connectivity index (χ3n) is 3.27. The summed E-state index contributed by atoms with van der Waals surface area (Å²) in [4.78, 5) is 2.01. The highest BCUT2D eigenvalue weighted by Crippen LogP contribution is 2.29. The fourth-order valence-electron chi connectivity index (χ4n) is 2.08. The Morgan fingerprint density at radius 1 is 1.25 bits per heavy atom. The molecule has 0 aliphatic rings. The van der Waals surface area contributed by atoms with E-state index in [4.69, 9.17) is 5.73 Å². The van der Waals surface area contributed by atoms with Gasteiger partial charge in [0.15, 0.2) is 0 Å². The molecule has 1 atom stereocenters. The molecule has 20 heavy (non-hydrogen) atoms. The van der Waals surface area contributed by atoms with Crippen LogP contribution < -0.4 is 10.6 Å². The van der Waals surface area contributed by atoms with Gasteiger partial charge in [-0.25, -0.2) is 4.39 Å². The van der Waals surface area contributed by atoms with Gasteiger partial charge in [-0.15, -0.1) is 0 Å². The second kappa shape index (κ2) is 6.37. The molecule has 2 rings (SSSR count). The quantitative estimate of drug-likeness (QED) is 0.904. The summed E-state index contributed by atoms with van der Waals surface area (Å²) in [5.74, 6) is -0.178. The molecule has 2 nitrogen and oxygen atoms in total. The van der Waals surface area contributed by atoms with Gasteiger partial charge in [0, 0.05) is 29.7 Å². The number of benzene rings is 2. The average Bonchev–Trinajstić information content (AvgIpc) is 2.41. The van der Waals surface area contributed by atoms with E-state index in [0.717, 1.165) is 15.7 Å². The fraction of sp³-hybridized carbons (Fsp3) is 0.250. The summed E-state index contributed by atoms with van der Waals surface area (Å²) >= 11 is 3.56. The van der Waals surface area contributed by atoms with Crippen molar-refractivity contribution >= 4 is 21.6 Å². The predicted molar refractivity (Wildman–Crippen MR) is 85.3 cm³/mol. The molecule has 2 aromatic carbocycles. The summed E-state index contributed by atoms with van der Waals surface area (Å²) in [6.07, 6.45) is 0. The molecule has 0 heterocycles. The minimum Gasteiger partial charge on any atom is -0.369 e. The van der Waals surface area contributed by atoms with Crippen molar-refractivity contribution in [2.75, 3.05) is 11.9 Å². The lowest BCUT2D eigenvalue weighted by atomic mass is 10.1. The van der Waals surface area contributed by atoms with Crippen LogP contribution >= 0.6 is 15.9 Å². The van der Waals surface area contributed by atoms with E-state index >= 15 is 0 Å². The van der Waals surface area contributed by atoms with Gasteiger partial charge in [-0.05, 0) is 46.6 Å². The second-order valence-electron chi connectivity index (χ2n) is 4.95. The Bertz CT molecular complexity index is 599. The van der Waals surface area contributed by atoms with Crippen LogP contribution in [0.25, 0.3) is 0 Å². The maximum absolute atomic E-state index is 13.7. The van der Waals surface area contributed by atoms with Gasteiger partial charge in [0.1, 0.15) is 5.82 Å². The Morgan fingerprint density at radius 3 is 2.55 bits per heavy atom. The largest absolute Gasteiger partial charge is 0.369 e. The molecule has 0 aromatic heterocycles. The number of anilines is 1. The van der Waals surface area contributed by atoms with Crippen LogP contribution in [-0.2, 0) is 6.54 Å². The van der Waals surface area contributed by atoms with Crippen LogP contribution in [0.4, 0.5) is 10.1 Å². The highest BCUT2D eigenvalue weighted by Gasteiger charge is 2.10. The monoisotopic (exact) mass is 336 g/mol. The van der Waals surface area contributed by atoms with Gasteiger partial charge < -0.3 is 10.6 Å². The molecule has 0 saturated carbocycles. The molecule has 0 radical (unpaired) electrons. The average molecular weight is 337 g/mol. The normalized spacial score (nSPS) is 12.2. The molecule has 2 aromatic rings. The van der Waals surface area contributed by atoms with Gasteiger partial charge in [0.05, 0.1) is 5.69 Å².